The second-order valence-corrected chi connectivity index (χ2v) is 3.99. The lowest BCUT2D eigenvalue weighted by Crippen LogP contribution is -2.10. The summed E-state index contributed by atoms with van der Waals surface area (Å²) < 4.78 is 5.23. The van der Waals surface area contributed by atoms with Gasteiger partial charge in [-0.3, -0.25) is 0 Å². The van der Waals surface area contributed by atoms with Gasteiger partial charge in [0.05, 0.1) is 17.7 Å². The van der Waals surface area contributed by atoms with Crippen molar-refractivity contribution in [1.29, 1.82) is 0 Å². The third-order valence-electron chi connectivity index (χ3n) is 2.95. The predicted octanol–water partition coefficient (Wildman–Crippen LogP) is 1.61. The first-order chi connectivity index (χ1) is 7.34. The van der Waals surface area contributed by atoms with Gasteiger partial charge < -0.3 is 9.73 Å². The summed E-state index contributed by atoms with van der Waals surface area (Å²) in [6.07, 6.45) is 2.79. The van der Waals surface area contributed by atoms with Crippen molar-refractivity contribution < 1.29 is 4.42 Å². The molecule has 2 aromatic heterocycles. The van der Waals surface area contributed by atoms with E-state index in [4.69, 9.17) is 4.42 Å². The van der Waals surface area contributed by atoms with Crippen molar-refractivity contribution in [3.8, 4) is 0 Å². The van der Waals surface area contributed by atoms with E-state index in [0.717, 1.165) is 36.4 Å². The van der Waals surface area contributed by atoms with Gasteiger partial charge >= 0.3 is 0 Å². The minimum atomic E-state index is 0.511. The van der Waals surface area contributed by atoms with Crippen LogP contribution in [-0.4, -0.2) is 23.1 Å². The molecule has 1 saturated heterocycles. The third kappa shape index (κ3) is 1.41. The molecule has 3 heterocycles. The minimum Gasteiger partial charge on any atom is -0.445 e. The molecule has 2 aromatic rings. The molecule has 1 fully saturated rings. The quantitative estimate of drug-likeness (QED) is 0.765. The third-order valence-corrected chi connectivity index (χ3v) is 2.95. The van der Waals surface area contributed by atoms with Crippen LogP contribution in [0.15, 0.2) is 16.7 Å². The van der Waals surface area contributed by atoms with E-state index in [1.54, 1.807) is 6.26 Å². The van der Waals surface area contributed by atoms with Crippen LogP contribution in [0, 0.1) is 6.92 Å². The number of hydrogen-bond acceptors (Lipinski definition) is 4. The van der Waals surface area contributed by atoms with Gasteiger partial charge in [-0.25, -0.2) is 9.97 Å². The summed E-state index contributed by atoms with van der Waals surface area (Å²) in [6.45, 7) is 4.09. The van der Waals surface area contributed by atoms with Gasteiger partial charge in [-0.15, -0.1) is 0 Å². The van der Waals surface area contributed by atoms with Crippen LogP contribution < -0.4 is 5.32 Å². The Bertz CT molecular complexity index is 486. The van der Waals surface area contributed by atoms with Gasteiger partial charge in [-0.2, -0.15) is 0 Å². The SMILES string of the molecule is Cc1nc2occc2nc1C1CCNC1. The molecule has 0 amide bonds. The molecule has 3 rings (SSSR count). The van der Waals surface area contributed by atoms with Crippen LogP contribution in [0.25, 0.3) is 11.2 Å². The summed E-state index contributed by atoms with van der Waals surface area (Å²) >= 11 is 0. The van der Waals surface area contributed by atoms with Gasteiger partial charge in [0.1, 0.15) is 5.52 Å². The van der Waals surface area contributed by atoms with Crippen molar-refractivity contribution in [2.24, 2.45) is 0 Å². The van der Waals surface area contributed by atoms with E-state index in [1.807, 2.05) is 13.0 Å². The second kappa shape index (κ2) is 3.31. The Morgan fingerprint density at radius 1 is 1.47 bits per heavy atom. The standard InChI is InChI=1S/C11H13N3O/c1-7-10(8-2-4-12-6-8)14-9-3-5-15-11(9)13-7/h3,5,8,12H,2,4,6H2,1H3. The molecule has 1 atom stereocenters. The van der Waals surface area contributed by atoms with E-state index in [-0.39, 0.29) is 0 Å². The molecule has 4 heteroatoms. The highest BCUT2D eigenvalue weighted by Gasteiger charge is 2.21. The molecular formula is C11H13N3O. The zero-order valence-corrected chi connectivity index (χ0v) is 8.66. The summed E-state index contributed by atoms with van der Waals surface area (Å²) in [5, 5.41) is 3.35. The molecule has 15 heavy (non-hydrogen) atoms. The first-order valence-electron chi connectivity index (χ1n) is 5.27. The smallest absolute Gasteiger partial charge is 0.245 e. The average molecular weight is 203 g/mol. The fraction of sp³-hybridized carbons (Fsp3) is 0.455. The van der Waals surface area contributed by atoms with E-state index in [2.05, 4.69) is 15.3 Å². The number of nitrogens with zero attached hydrogens (tertiary/aromatic N) is 2. The van der Waals surface area contributed by atoms with Gasteiger partial charge in [0.25, 0.3) is 0 Å². The number of aryl methyl sites for hydroxylation is 1. The maximum atomic E-state index is 5.23. The van der Waals surface area contributed by atoms with E-state index >= 15 is 0 Å². The highest BCUT2D eigenvalue weighted by Crippen LogP contribution is 2.24. The van der Waals surface area contributed by atoms with Crippen LogP contribution >= 0.6 is 0 Å². The predicted molar refractivity (Wildman–Crippen MR) is 56.8 cm³/mol. The van der Waals surface area contributed by atoms with Crippen LogP contribution in [0.1, 0.15) is 23.7 Å². The molecule has 78 valence electrons. The largest absolute Gasteiger partial charge is 0.445 e. The monoisotopic (exact) mass is 203 g/mol. The molecule has 4 nitrogen and oxygen atoms in total. The van der Waals surface area contributed by atoms with E-state index < -0.39 is 0 Å². The zero-order chi connectivity index (χ0) is 10.3. The summed E-state index contributed by atoms with van der Waals surface area (Å²) in [5.74, 6) is 0.511. The van der Waals surface area contributed by atoms with E-state index in [9.17, 15) is 0 Å². The molecule has 0 aliphatic carbocycles. The summed E-state index contributed by atoms with van der Waals surface area (Å²) in [7, 11) is 0. The van der Waals surface area contributed by atoms with Gasteiger partial charge in [0.15, 0.2) is 0 Å². The summed E-state index contributed by atoms with van der Waals surface area (Å²) in [4.78, 5) is 9.04. The Kier molecular flexibility index (Phi) is 1.95. The maximum Gasteiger partial charge on any atom is 0.245 e. The Labute approximate surface area is 87.7 Å². The average Bonchev–Trinajstić information content (AvgIpc) is 2.85. The molecule has 0 aromatic carbocycles. The normalized spacial score (nSPS) is 21.3. The fourth-order valence-electron chi connectivity index (χ4n) is 2.16. The van der Waals surface area contributed by atoms with Crippen LogP contribution in [-0.2, 0) is 0 Å². The lowest BCUT2D eigenvalue weighted by Gasteiger charge is -2.09. The molecular weight excluding hydrogens is 190 g/mol. The number of hydrogen-bond donors (Lipinski definition) is 1. The van der Waals surface area contributed by atoms with Crippen LogP contribution in [0.3, 0.4) is 0 Å². The van der Waals surface area contributed by atoms with E-state index in [1.165, 1.54) is 0 Å². The van der Waals surface area contributed by atoms with Crippen molar-refractivity contribution in [3.05, 3.63) is 23.7 Å². The molecule has 0 radical (unpaired) electrons. The van der Waals surface area contributed by atoms with Gasteiger partial charge in [0.2, 0.25) is 5.71 Å². The van der Waals surface area contributed by atoms with Crippen molar-refractivity contribution >= 4 is 11.2 Å². The molecule has 1 unspecified atom stereocenters. The van der Waals surface area contributed by atoms with Gasteiger partial charge in [0, 0.05) is 18.5 Å². The van der Waals surface area contributed by atoms with Gasteiger partial charge in [-0.1, -0.05) is 0 Å². The molecule has 1 N–H and O–H groups in total. The number of nitrogens with one attached hydrogen (secondary N) is 1. The van der Waals surface area contributed by atoms with Crippen LogP contribution in [0.2, 0.25) is 0 Å². The number of fused-ring (bicyclic) bond motifs is 1. The Morgan fingerprint density at radius 2 is 2.40 bits per heavy atom. The highest BCUT2D eigenvalue weighted by atomic mass is 16.3. The summed E-state index contributed by atoms with van der Waals surface area (Å²) in [5.41, 5.74) is 3.62. The van der Waals surface area contributed by atoms with Crippen molar-refractivity contribution in [2.75, 3.05) is 13.1 Å². The maximum absolute atomic E-state index is 5.23. The molecule has 1 aliphatic rings. The highest BCUT2D eigenvalue weighted by molar-refractivity contribution is 5.68. The second-order valence-electron chi connectivity index (χ2n) is 3.99. The minimum absolute atomic E-state index is 0.511. The van der Waals surface area contributed by atoms with E-state index in [0.29, 0.717) is 11.6 Å². The lowest BCUT2D eigenvalue weighted by atomic mass is 10.0. The van der Waals surface area contributed by atoms with Crippen LogP contribution in [0.5, 0.6) is 0 Å². The Morgan fingerprint density at radius 3 is 3.20 bits per heavy atom. The van der Waals surface area contributed by atoms with Crippen LogP contribution in [0.4, 0.5) is 0 Å². The summed E-state index contributed by atoms with van der Waals surface area (Å²) in [6, 6.07) is 1.87. The zero-order valence-electron chi connectivity index (χ0n) is 8.66. The molecule has 0 spiro atoms. The van der Waals surface area contributed by atoms with Crippen molar-refractivity contribution in [1.82, 2.24) is 15.3 Å². The molecule has 0 saturated carbocycles. The number of rotatable bonds is 1. The molecule has 1 aliphatic heterocycles. The number of aromatic nitrogens is 2. The first-order valence-corrected chi connectivity index (χ1v) is 5.27. The van der Waals surface area contributed by atoms with Crippen molar-refractivity contribution in [3.63, 3.8) is 0 Å². The Hall–Kier alpha value is -1.42. The van der Waals surface area contributed by atoms with Crippen molar-refractivity contribution in [2.45, 2.75) is 19.3 Å². The Balaban J connectivity index is 2.11. The molecule has 0 bridgehead atoms. The number of furan rings is 1. The fourth-order valence-corrected chi connectivity index (χ4v) is 2.16. The van der Waals surface area contributed by atoms with Gasteiger partial charge in [-0.05, 0) is 19.9 Å². The topological polar surface area (TPSA) is 51.0 Å². The first kappa shape index (κ1) is 8.85. The lowest BCUT2D eigenvalue weighted by molar-refractivity contribution is 0.599.